The molecule has 2 aliphatic rings. The average molecular weight is 570 g/mol. The summed E-state index contributed by atoms with van der Waals surface area (Å²) in [7, 11) is 1.24. The number of aliphatic hydroxyl groups excluding tert-OH is 6. The second-order valence-corrected chi connectivity index (χ2v) is 9.86. The Labute approximate surface area is 224 Å². The molecule has 0 aliphatic carbocycles. The van der Waals surface area contributed by atoms with Crippen molar-refractivity contribution < 1.29 is 74.2 Å². The van der Waals surface area contributed by atoms with Gasteiger partial charge in [0, 0.05) is 33.3 Å². The molecule has 0 bridgehead atoms. The minimum atomic E-state index is -2.54. The van der Waals surface area contributed by atoms with Crippen molar-refractivity contribution in [3.05, 3.63) is 0 Å². The van der Waals surface area contributed by atoms with E-state index in [-0.39, 0.29) is 12.8 Å². The van der Waals surface area contributed by atoms with E-state index in [0.29, 0.717) is 0 Å². The molecule has 2 heterocycles. The summed E-state index contributed by atoms with van der Waals surface area (Å²) in [5.41, 5.74) is -2.12. The minimum absolute atomic E-state index is 0.0976. The van der Waals surface area contributed by atoms with Crippen LogP contribution in [0.2, 0.25) is 0 Å². The molecule has 0 spiro atoms. The van der Waals surface area contributed by atoms with E-state index in [1.807, 2.05) is 0 Å². The Kier molecular flexibility index (Phi) is 11.7. The Balaban J connectivity index is 2.06. The van der Waals surface area contributed by atoms with Crippen LogP contribution in [0.25, 0.3) is 0 Å². The first kappa shape index (κ1) is 33.4. The van der Waals surface area contributed by atoms with Crippen molar-refractivity contribution in [1.29, 1.82) is 0 Å². The van der Waals surface area contributed by atoms with Crippen LogP contribution in [0, 0.1) is 0 Å². The van der Waals surface area contributed by atoms with Gasteiger partial charge in [-0.1, -0.05) is 0 Å². The van der Waals surface area contributed by atoms with Gasteiger partial charge in [0.15, 0.2) is 6.29 Å². The van der Waals surface area contributed by atoms with Gasteiger partial charge in [-0.3, -0.25) is 9.59 Å². The van der Waals surface area contributed by atoms with Crippen LogP contribution in [0.5, 0.6) is 0 Å². The van der Waals surface area contributed by atoms with Crippen LogP contribution in [-0.4, -0.2) is 145 Å². The van der Waals surface area contributed by atoms with Crippen molar-refractivity contribution >= 4 is 17.7 Å². The molecule has 2 aliphatic heterocycles. The molecule has 11 atom stereocenters. The number of carbonyl (C=O) groups excluding carboxylic acids is 2. The first-order valence-electron chi connectivity index (χ1n) is 12.4. The van der Waals surface area contributed by atoms with Gasteiger partial charge in [0.2, 0.25) is 5.91 Å². The number of aliphatic hydroxyl groups is 7. The van der Waals surface area contributed by atoms with Crippen LogP contribution >= 0.6 is 0 Å². The number of amides is 1. The lowest BCUT2D eigenvalue weighted by Crippen LogP contribution is -2.67. The third kappa shape index (κ3) is 7.47. The fourth-order valence-electron chi connectivity index (χ4n) is 4.72. The molecule has 2 fully saturated rings. The quantitative estimate of drug-likeness (QED) is 0.0951. The zero-order valence-corrected chi connectivity index (χ0v) is 21.9. The van der Waals surface area contributed by atoms with E-state index in [9.17, 15) is 55.2 Å². The van der Waals surface area contributed by atoms with Crippen LogP contribution in [0.3, 0.4) is 0 Å². The number of methoxy groups -OCH3 is 1. The summed E-state index contributed by atoms with van der Waals surface area (Å²) in [5.74, 6) is -5.46. The normalized spacial score (nSPS) is 38.6. The fraction of sp³-hybridized carbons (Fsp3) is 0.870. The lowest BCUT2D eigenvalue weighted by molar-refractivity contribution is -0.318. The van der Waals surface area contributed by atoms with Gasteiger partial charge in [0.05, 0.1) is 31.5 Å². The maximum atomic E-state index is 12.6. The van der Waals surface area contributed by atoms with Gasteiger partial charge in [0.25, 0.3) is 5.79 Å². The molecule has 0 aromatic rings. The molecular weight excluding hydrogens is 530 g/mol. The molecular formula is C23H39NO15. The van der Waals surface area contributed by atoms with Crippen LogP contribution in [0.1, 0.15) is 39.5 Å². The van der Waals surface area contributed by atoms with Crippen molar-refractivity contribution in [2.24, 2.45) is 0 Å². The van der Waals surface area contributed by atoms with Crippen molar-refractivity contribution in [3.8, 4) is 0 Å². The van der Waals surface area contributed by atoms with E-state index in [1.54, 1.807) is 0 Å². The zero-order chi connectivity index (χ0) is 29.7. The molecule has 0 aromatic heterocycles. The lowest BCUT2D eigenvalue weighted by atomic mass is 9.80. The van der Waals surface area contributed by atoms with E-state index in [2.05, 4.69) is 5.32 Å². The van der Waals surface area contributed by atoms with E-state index >= 15 is 0 Å². The molecule has 16 heteroatoms. The first-order chi connectivity index (χ1) is 18.1. The second kappa shape index (κ2) is 13.7. The summed E-state index contributed by atoms with van der Waals surface area (Å²) in [4.78, 5) is 36.3. The predicted octanol–water partition coefficient (Wildman–Crippen LogP) is -4.26. The van der Waals surface area contributed by atoms with Crippen molar-refractivity contribution in [1.82, 2.24) is 5.32 Å². The maximum Gasteiger partial charge on any atom is 0.364 e. The monoisotopic (exact) mass is 569 g/mol. The number of Topliss-reactive ketones (excluding diaryl/α,β-unsaturated/α-hetero) is 1. The summed E-state index contributed by atoms with van der Waals surface area (Å²) >= 11 is 0. The second-order valence-electron chi connectivity index (χ2n) is 9.86. The van der Waals surface area contributed by atoms with Crippen LogP contribution < -0.4 is 5.32 Å². The molecule has 1 amide bonds. The largest absolute Gasteiger partial charge is 0.477 e. The number of aliphatic carboxylic acids is 1. The van der Waals surface area contributed by atoms with Crippen molar-refractivity contribution in [3.63, 3.8) is 0 Å². The number of nitrogens with one attached hydrogen (secondary N) is 1. The molecule has 9 unspecified atom stereocenters. The Hall–Kier alpha value is -1.83. The SMILES string of the molecule is COC1OC(C)C(O)(CC(=O)CCCOC2(C(=O)O)CC(O)C(NC(C)=O)C([C@H](O)[C@H](O)CO)O2)C(O)C1O. The first-order valence-corrected chi connectivity index (χ1v) is 12.4. The molecule has 0 aromatic carbocycles. The van der Waals surface area contributed by atoms with Gasteiger partial charge >= 0.3 is 5.97 Å². The third-order valence-corrected chi connectivity index (χ3v) is 6.99. The molecule has 0 radical (unpaired) electrons. The van der Waals surface area contributed by atoms with Crippen LogP contribution in [0.15, 0.2) is 0 Å². The standard InChI is InChI=1S/C23H39NO15/c1-10-22(35,19(32)17(31)20(36-3)38-10)7-12(27)5-4-6-37-23(21(33)34)8-13(28)15(24-11(2)26)18(39-23)16(30)14(29)9-25/h10,13-20,25,28-32,35H,4-9H2,1-3H3,(H,24,26)(H,33,34)/t10?,13?,14-,15?,16-,17?,18?,19?,20?,22?,23?/m1/s1. The number of carboxylic acid groups (broad SMARTS) is 1. The molecule has 16 nitrogen and oxygen atoms in total. The summed E-state index contributed by atoms with van der Waals surface area (Å²) < 4.78 is 21.1. The maximum absolute atomic E-state index is 12.6. The van der Waals surface area contributed by atoms with Gasteiger partial charge in [-0.25, -0.2) is 4.79 Å². The van der Waals surface area contributed by atoms with Crippen LogP contribution in [0.4, 0.5) is 0 Å². The topological polar surface area (TPSA) is 262 Å². The van der Waals surface area contributed by atoms with Gasteiger partial charge in [-0.05, 0) is 13.3 Å². The van der Waals surface area contributed by atoms with Crippen LogP contribution in [-0.2, 0) is 33.3 Å². The van der Waals surface area contributed by atoms with Gasteiger partial charge < -0.3 is 65.1 Å². The fourth-order valence-corrected chi connectivity index (χ4v) is 4.72. The minimum Gasteiger partial charge on any atom is -0.477 e. The molecule has 2 rings (SSSR count). The number of ether oxygens (including phenoxy) is 4. The number of ketones is 1. The molecule has 2 saturated heterocycles. The van der Waals surface area contributed by atoms with Crippen molar-refractivity contribution in [2.75, 3.05) is 20.3 Å². The summed E-state index contributed by atoms with van der Waals surface area (Å²) in [6.45, 7) is 1.16. The highest BCUT2D eigenvalue weighted by atomic mass is 16.7. The number of hydrogen-bond acceptors (Lipinski definition) is 14. The third-order valence-electron chi connectivity index (χ3n) is 6.99. The molecule has 9 N–H and O–H groups in total. The number of carboxylic acids is 1. The summed E-state index contributed by atoms with van der Waals surface area (Å²) in [6.07, 6.45) is -14.4. The summed E-state index contributed by atoms with van der Waals surface area (Å²) in [5, 5.41) is 83.5. The lowest BCUT2D eigenvalue weighted by Gasteiger charge is -2.46. The highest BCUT2D eigenvalue weighted by molar-refractivity contribution is 5.79. The van der Waals surface area contributed by atoms with E-state index < -0.39 is 110 Å². The zero-order valence-electron chi connectivity index (χ0n) is 21.9. The number of hydrogen-bond donors (Lipinski definition) is 9. The van der Waals surface area contributed by atoms with Gasteiger partial charge in [0.1, 0.15) is 41.9 Å². The molecule has 39 heavy (non-hydrogen) atoms. The van der Waals surface area contributed by atoms with Gasteiger partial charge in [-0.15, -0.1) is 0 Å². The molecule has 0 saturated carbocycles. The smallest absolute Gasteiger partial charge is 0.364 e. The van der Waals surface area contributed by atoms with Crippen molar-refractivity contribution in [2.45, 2.75) is 106 Å². The predicted molar refractivity (Wildman–Crippen MR) is 126 cm³/mol. The highest BCUT2D eigenvalue weighted by Crippen LogP contribution is 2.35. The summed E-state index contributed by atoms with van der Waals surface area (Å²) in [6, 6.07) is -1.35. The Bertz CT molecular complexity index is 859. The molecule has 226 valence electrons. The van der Waals surface area contributed by atoms with Gasteiger partial charge in [-0.2, -0.15) is 0 Å². The van der Waals surface area contributed by atoms with E-state index in [4.69, 9.17) is 18.9 Å². The Morgan fingerprint density at radius 2 is 1.82 bits per heavy atom. The highest BCUT2D eigenvalue weighted by Gasteiger charge is 2.56. The number of rotatable bonds is 13. The Morgan fingerprint density at radius 3 is 2.36 bits per heavy atom. The average Bonchev–Trinajstić information content (AvgIpc) is 2.87. The van der Waals surface area contributed by atoms with E-state index in [0.717, 1.165) is 6.92 Å². The Morgan fingerprint density at radius 1 is 1.18 bits per heavy atom. The number of carbonyl (C=O) groups is 3. The van der Waals surface area contributed by atoms with E-state index in [1.165, 1.54) is 14.0 Å².